The Bertz CT molecular complexity index is 171. The van der Waals surface area contributed by atoms with Crippen molar-refractivity contribution in [3.63, 3.8) is 0 Å². The highest BCUT2D eigenvalue weighted by molar-refractivity contribution is 5.71. The van der Waals surface area contributed by atoms with Crippen LogP contribution < -0.4 is 5.32 Å². The van der Waals surface area contributed by atoms with E-state index in [9.17, 15) is 4.79 Å². The zero-order valence-electron chi connectivity index (χ0n) is 7.12. The summed E-state index contributed by atoms with van der Waals surface area (Å²) in [7, 11) is 0. The van der Waals surface area contributed by atoms with E-state index in [0.717, 1.165) is 25.9 Å². The molecule has 0 aromatic carbocycles. The minimum absolute atomic E-state index is 0.0556. The standard InChI is InChI=1S/C9H15NO2/c11-9(12)8-6-2-1-3-7(8)5-10-4-6/h6-8,10H,1-5H2,(H,11,12)/t6-,7-/m1/s1. The molecule has 2 fully saturated rings. The molecule has 1 aliphatic heterocycles. The van der Waals surface area contributed by atoms with Gasteiger partial charge in [0.2, 0.25) is 0 Å². The first-order valence-corrected chi connectivity index (χ1v) is 4.72. The third kappa shape index (κ3) is 1.22. The molecule has 2 rings (SSSR count). The Morgan fingerprint density at radius 2 is 1.83 bits per heavy atom. The Kier molecular flexibility index (Phi) is 2.05. The number of aliphatic carboxylic acids is 1. The zero-order chi connectivity index (χ0) is 8.55. The van der Waals surface area contributed by atoms with Gasteiger partial charge in [-0.05, 0) is 37.8 Å². The van der Waals surface area contributed by atoms with Crippen molar-refractivity contribution in [2.45, 2.75) is 19.3 Å². The van der Waals surface area contributed by atoms with Crippen molar-refractivity contribution < 1.29 is 9.90 Å². The second kappa shape index (κ2) is 3.05. The summed E-state index contributed by atoms with van der Waals surface area (Å²) >= 11 is 0. The molecule has 2 aliphatic rings. The molecule has 3 nitrogen and oxygen atoms in total. The molecule has 2 N–H and O–H groups in total. The molecule has 0 unspecified atom stereocenters. The number of carboxylic acid groups (broad SMARTS) is 1. The summed E-state index contributed by atoms with van der Waals surface area (Å²) < 4.78 is 0. The molecule has 0 radical (unpaired) electrons. The molecule has 0 aromatic rings. The molecule has 1 saturated heterocycles. The van der Waals surface area contributed by atoms with E-state index in [4.69, 9.17) is 5.11 Å². The van der Waals surface area contributed by atoms with Crippen molar-refractivity contribution >= 4 is 5.97 Å². The van der Waals surface area contributed by atoms with Crippen LogP contribution in [0.2, 0.25) is 0 Å². The lowest BCUT2D eigenvalue weighted by Crippen LogP contribution is -2.49. The Balaban J connectivity index is 2.13. The molecule has 12 heavy (non-hydrogen) atoms. The molecule has 2 bridgehead atoms. The maximum absolute atomic E-state index is 10.9. The Labute approximate surface area is 72.2 Å². The van der Waals surface area contributed by atoms with E-state index in [0.29, 0.717) is 11.8 Å². The van der Waals surface area contributed by atoms with Crippen LogP contribution in [-0.2, 0) is 4.79 Å². The molecule has 0 aromatic heterocycles. The third-order valence-corrected chi connectivity index (χ3v) is 3.26. The van der Waals surface area contributed by atoms with Crippen LogP contribution in [0.4, 0.5) is 0 Å². The third-order valence-electron chi connectivity index (χ3n) is 3.26. The summed E-state index contributed by atoms with van der Waals surface area (Å²) in [5.74, 6) is 0.163. The number of fused-ring (bicyclic) bond motifs is 2. The molecule has 0 amide bonds. The molecule has 68 valence electrons. The Hall–Kier alpha value is -0.570. The highest BCUT2D eigenvalue weighted by atomic mass is 16.4. The van der Waals surface area contributed by atoms with Gasteiger partial charge in [0.25, 0.3) is 0 Å². The molecule has 3 heteroatoms. The molecule has 1 saturated carbocycles. The average Bonchev–Trinajstić information content (AvgIpc) is 2.02. The SMILES string of the molecule is O=C(O)C1[C@@H]2CCC[C@@H]1CNC2. The van der Waals surface area contributed by atoms with Gasteiger partial charge in [-0.3, -0.25) is 4.79 Å². The minimum atomic E-state index is -0.578. The van der Waals surface area contributed by atoms with Gasteiger partial charge in [-0.25, -0.2) is 0 Å². The number of nitrogens with one attached hydrogen (secondary N) is 1. The molecule has 2 atom stereocenters. The normalized spacial score (nSPS) is 40.8. The topological polar surface area (TPSA) is 49.3 Å². The number of carbonyl (C=O) groups is 1. The van der Waals surface area contributed by atoms with Crippen molar-refractivity contribution in [3.05, 3.63) is 0 Å². The van der Waals surface area contributed by atoms with Gasteiger partial charge in [0, 0.05) is 0 Å². The molecule has 0 spiro atoms. The van der Waals surface area contributed by atoms with Crippen LogP contribution >= 0.6 is 0 Å². The number of hydrogen-bond donors (Lipinski definition) is 2. The first kappa shape index (κ1) is 8.05. The van der Waals surface area contributed by atoms with Gasteiger partial charge >= 0.3 is 5.97 Å². The van der Waals surface area contributed by atoms with E-state index in [1.54, 1.807) is 0 Å². The molecular weight excluding hydrogens is 154 g/mol. The van der Waals surface area contributed by atoms with E-state index < -0.39 is 5.97 Å². The quantitative estimate of drug-likeness (QED) is 0.607. The lowest BCUT2D eigenvalue weighted by Gasteiger charge is -2.40. The van der Waals surface area contributed by atoms with Crippen LogP contribution in [0.1, 0.15) is 19.3 Å². The van der Waals surface area contributed by atoms with Crippen LogP contribution in [0.25, 0.3) is 0 Å². The van der Waals surface area contributed by atoms with Crippen molar-refractivity contribution in [1.29, 1.82) is 0 Å². The fourth-order valence-electron chi connectivity index (χ4n) is 2.70. The van der Waals surface area contributed by atoms with Gasteiger partial charge in [0.15, 0.2) is 0 Å². The summed E-state index contributed by atoms with van der Waals surface area (Å²) in [6.45, 7) is 1.82. The zero-order valence-corrected chi connectivity index (χ0v) is 7.12. The van der Waals surface area contributed by atoms with Gasteiger partial charge in [0.1, 0.15) is 0 Å². The van der Waals surface area contributed by atoms with E-state index in [1.807, 2.05) is 0 Å². The number of piperidine rings is 1. The molecule has 1 heterocycles. The monoisotopic (exact) mass is 169 g/mol. The predicted molar refractivity (Wildman–Crippen MR) is 44.8 cm³/mol. The highest BCUT2D eigenvalue weighted by Gasteiger charge is 2.40. The summed E-state index contributed by atoms with van der Waals surface area (Å²) in [5, 5.41) is 12.3. The van der Waals surface area contributed by atoms with Gasteiger partial charge in [-0.1, -0.05) is 6.42 Å². The fourth-order valence-corrected chi connectivity index (χ4v) is 2.70. The lowest BCUT2D eigenvalue weighted by atomic mass is 9.70. The summed E-state index contributed by atoms with van der Waals surface area (Å²) in [6.07, 6.45) is 3.42. The first-order valence-electron chi connectivity index (χ1n) is 4.72. The van der Waals surface area contributed by atoms with Gasteiger partial charge in [-0.2, -0.15) is 0 Å². The van der Waals surface area contributed by atoms with Crippen LogP contribution in [-0.4, -0.2) is 24.2 Å². The number of carboxylic acids is 1. The maximum atomic E-state index is 10.9. The van der Waals surface area contributed by atoms with Crippen molar-refractivity contribution in [2.75, 3.05) is 13.1 Å². The minimum Gasteiger partial charge on any atom is -0.481 e. The van der Waals surface area contributed by atoms with E-state index in [-0.39, 0.29) is 5.92 Å². The number of hydrogen-bond acceptors (Lipinski definition) is 2. The smallest absolute Gasteiger partial charge is 0.307 e. The van der Waals surface area contributed by atoms with Gasteiger partial charge < -0.3 is 10.4 Å². The molecule has 1 aliphatic carbocycles. The van der Waals surface area contributed by atoms with Crippen LogP contribution in [0.15, 0.2) is 0 Å². The fraction of sp³-hybridized carbons (Fsp3) is 0.889. The Morgan fingerprint density at radius 3 is 2.25 bits per heavy atom. The first-order chi connectivity index (χ1) is 5.79. The average molecular weight is 169 g/mol. The largest absolute Gasteiger partial charge is 0.481 e. The van der Waals surface area contributed by atoms with Crippen molar-refractivity contribution in [1.82, 2.24) is 5.32 Å². The van der Waals surface area contributed by atoms with Crippen molar-refractivity contribution in [2.24, 2.45) is 17.8 Å². The maximum Gasteiger partial charge on any atom is 0.307 e. The van der Waals surface area contributed by atoms with Crippen molar-refractivity contribution in [3.8, 4) is 0 Å². The lowest BCUT2D eigenvalue weighted by molar-refractivity contribution is -0.148. The van der Waals surface area contributed by atoms with E-state index >= 15 is 0 Å². The second-order valence-electron chi connectivity index (χ2n) is 3.97. The predicted octanol–water partition coefficient (Wildman–Crippen LogP) is 0.707. The van der Waals surface area contributed by atoms with E-state index in [1.165, 1.54) is 6.42 Å². The summed E-state index contributed by atoms with van der Waals surface area (Å²) in [6, 6.07) is 0. The Morgan fingerprint density at radius 1 is 1.25 bits per heavy atom. The molecular formula is C9H15NO2. The summed E-state index contributed by atoms with van der Waals surface area (Å²) in [4.78, 5) is 10.9. The van der Waals surface area contributed by atoms with Gasteiger partial charge in [-0.15, -0.1) is 0 Å². The highest BCUT2D eigenvalue weighted by Crippen LogP contribution is 2.36. The van der Waals surface area contributed by atoms with E-state index in [2.05, 4.69) is 5.32 Å². The second-order valence-corrected chi connectivity index (χ2v) is 3.97. The number of rotatable bonds is 1. The van der Waals surface area contributed by atoms with Crippen LogP contribution in [0.5, 0.6) is 0 Å². The van der Waals surface area contributed by atoms with Crippen LogP contribution in [0.3, 0.4) is 0 Å². The summed E-state index contributed by atoms with van der Waals surface area (Å²) in [5.41, 5.74) is 0. The van der Waals surface area contributed by atoms with Gasteiger partial charge in [0.05, 0.1) is 5.92 Å². The van der Waals surface area contributed by atoms with Crippen LogP contribution in [0, 0.1) is 17.8 Å².